The maximum absolute atomic E-state index is 11.1. The molecule has 0 saturated carbocycles. The highest BCUT2D eigenvalue weighted by molar-refractivity contribution is 14.1. The molecule has 0 radical (unpaired) electrons. The van der Waals surface area contributed by atoms with E-state index in [1.54, 1.807) is 0 Å². The Bertz CT molecular complexity index is 759. The predicted molar refractivity (Wildman–Crippen MR) is 94.9 cm³/mol. The second kappa shape index (κ2) is 7.19. The summed E-state index contributed by atoms with van der Waals surface area (Å²) in [5, 5.41) is 9.07. The Labute approximate surface area is 146 Å². The number of benzene rings is 1. The summed E-state index contributed by atoms with van der Waals surface area (Å²) < 4.78 is 6.81. The van der Waals surface area contributed by atoms with Gasteiger partial charge >= 0.3 is 5.97 Å². The summed E-state index contributed by atoms with van der Waals surface area (Å²) in [6, 6.07) is 7.08. The number of nitrogens with zero attached hydrogens (tertiary/aromatic N) is 1. The molecule has 5 nitrogen and oxygen atoms in total. The Kier molecular flexibility index (Phi) is 5.52. The van der Waals surface area contributed by atoms with Gasteiger partial charge in [0.2, 0.25) is 0 Å². The molecular formula is C15H15IN2O3S. The third-order valence-corrected chi connectivity index (χ3v) is 3.81. The molecule has 2 aromatic rings. The number of carboxylic acids is 1. The van der Waals surface area contributed by atoms with Gasteiger partial charge in [0.1, 0.15) is 11.4 Å². The van der Waals surface area contributed by atoms with E-state index in [2.05, 4.69) is 46.4 Å². The lowest BCUT2D eigenvalue weighted by Crippen LogP contribution is -2.05. The van der Waals surface area contributed by atoms with E-state index >= 15 is 0 Å². The molecule has 2 rings (SSSR count). The van der Waals surface area contributed by atoms with Gasteiger partial charge in [0, 0.05) is 5.56 Å². The molecule has 116 valence electrons. The number of carboxylic acid groups (broad SMARTS) is 1. The molecule has 0 aliphatic rings. The first-order valence-corrected chi connectivity index (χ1v) is 8.13. The highest BCUT2D eigenvalue weighted by Crippen LogP contribution is 2.27. The van der Waals surface area contributed by atoms with Crippen molar-refractivity contribution < 1.29 is 14.6 Å². The van der Waals surface area contributed by atoms with Gasteiger partial charge in [-0.05, 0) is 65.0 Å². The van der Waals surface area contributed by atoms with E-state index in [-0.39, 0.29) is 10.5 Å². The lowest BCUT2D eigenvalue weighted by molar-refractivity contribution is 0.0690. The van der Waals surface area contributed by atoms with Crippen molar-refractivity contribution >= 4 is 40.8 Å². The number of aromatic amines is 1. The zero-order chi connectivity index (χ0) is 16.3. The van der Waals surface area contributed by atoms with Gasteiger partial charge < -0.3 is 14.8 Å². The number of hydrogen-bond donors (Lipinski definition) is 2. The fourth-order valence-electron chi connectivity index (χ4n) is 1.75. The van der Waals surface area contributed by atoms with Crippen molar-refractivity contribution in [1.29, 1.82) is 0 Å². The number of H-pyrrole nitrogens is 1. The van der Waals surface area contributed by atoms with Gasteiger partial charge in [-0.25, -0.2) is 9.78 Å². The molecule has 0 spiro atoms. The van der Waals surface area contributed by atoms with Crippen molar-refractivity contribution in [3.8, 4) is 17.0 Å². The molecule has 1 aromatic heterocycles. The highest BCUT2D eigenvalue weighted by atomic mass is 127. The SMILES string of the molecule is CC(C)COc1ccc(-c2cc(C(=O)O)[nH]c(=S)n2)cc1I. The van der Waals surface area contributed by atoms with E-state index < -0.39 is 5.97 Å². The third-order valence-electron chi connectivity index (χ3n) is 2.77. The van der Waals surface area contributed by atoms with Crippen molar-refractivity contribution in [2.24, 2.45) is 5.92 Å². The van der Waals surface area contributed by atoms with E-state index in [0.29, 0.717) is 18.2 Å². The summed E-state index contributed by atoms with van der Waals surface area (Å²) in [5.74, 6) is 0.182. The summed E-state index contributed by atoms with van der Waals surface area (Å²) in [7, 11) is 0. The minimum Gasteiger partial charge on any atom is -0.492 e. The van der Waals surface area contributed by atoms with Gasteiger partial charge in [0.05, 0.1) is 15.9 Å². The molecule has 1 heterocycles. The second-order valence-electron chi connectivity index (χ2n) is 5.14. The van der Waals surface area contributed by atoms with Gasteiger partial charge in [-0.1, -0.05) is 13.8 Å². The molecule has 0 unspecified atom stereocenters. The Balaban J connectivity index is 2.36. The second-order valence-corrected chi connectivity index (χ2v) is 6.69. The van der Waals surface area contributed by atoms with Gasteiger partial charge in [-0.15, -0.1) is 0 Å². The average molecular weight is 430 g/mol. The van der Waals surface area contributed by atoms with Crippen LogP contribution >= 0.6 is 34.8 Å². The third kappa shape index (κ3) is 4.26. The van der Waals surface area contributed by atoms with Crippen LogP contribution in [-0.4, -0.2) is 27.7 Å². The molecule has 7 heteroatoms. The monoisotopic (exact) mass is 430 g/mol. The van der Waals surface area contributed by atoms with Crippen LogP contribution in [0.1, 0.15) is 24.3 Å². The maximum atomic E-state index is 11.1. The minimum atomic E-state index is -1.07. The summed E-state index contributed by atoms with van der Waals surface area (Å²) in [4.78, 5) is 17.8. The summed E-state index contributed by atoms with van der Waals surface area (Å²) in [5.41, 5.74) is 1.34. The molecule has 0 bridgehead atoms. The molecule has 0 saturated heterocycles. The van der Waals surface area contributed by atoms with Crippen molar-refractivity contribution in [1.82, 2.24) is 9.97 Å². The highest BCUT2D eigenvalue weighted by Gasteiger charge is 2.10. The lowest BCUT2D eigenvalue weighted by Gasteiger charge is -2.11. The van der Waals surface area contributed by atoms with E-state index in [9.17, 15) is 4.79 Å². The van der Waals surface area contributed by atoms with Crippen LogP contribution in [-0.2, 0) is 0 Å². The number of aromatic carboxylic acids is 1. The van der Waals surface area contributed by atoms with Crippen LogP contribution in [0.3, 0.4) is 0 Å². The minimum absolute atomic E-state index is 0.0187. The van der Waals surface area contributed by atoms with E-state index in [1.165, 1.54) is 6.07 Å². The first-order chi connectivity index (χ1) is 10.4. The van der Waals surface area contributed by atoms with Crippen molar-refractivity contribution in [2.75, 3.05) is 6.61 Å². The average Bonchev–Trinajstić information content (AvgIpc) is 2.45. The molecule has 0 amide bonds. The van der Waals surface area contributed by atoms with Crippen LogP contribution in [0, 0.1) is 14.3 Å². The maximum Gasteiger partial charge on any atom is 0.352 e. The first kappa shape index (κ1) is 16.9. The van der Waals surface area contributed by atoms with Crippen LogP contribution in [0.25, 0.3) is 11.3 Å². The lowest BCUT2D eigenvalue weighted by atomic mass is 10.1. The number of ether oxygens (including phenoxy) is 1. The Hall–Kier alpha value is -1.48. The molecule has 2 N–H and O–H groups in total. The van der Waals surface area contributed by atoms with Crippen LogP contribution < -0.4 is 4.74 Å². The summed E-state index contributed by atoms with van der Waals surface area (Å²) >= 11 is 7.17. The van der Waals surface area contributed by atoms with Gasteiger partial charge in [-0.3, -0.25) is 0 Å². The van der Waals surface area contributed by atoms with Crippen LogP contribution in [0.15, 0.2) is 24.3 Å². The Morgan fingerprint density at radius 3 is 2.77 bits per heavy atom. The standard InChI is InChI=1S/C15H15IN2O3S/c1-8(2)7-21-13-4-3-9(5-10(13)16)11-6-12(14(19)20)18-15(22)17-11/h3-6,8H,7H2,1-2H3,(H,19,20)(H,17,18,22). The largest absolute Gasteiger partial charge is 0.492 e. The van der Waals surface area contributed by atoms with Crippen molar-refractivity contribution in [3.63, 3.8) is 0 Å². The zero-order valence-electron chi connectivity index (χ0n) is 12.1. The van der Waals surface area contributed by atoms with Gasteiger partial charge in [-0.2, -0.15) is 0 Å². The smallest absolute Gasteiger partial charge is 0.352 e. The van der Waals surface area contributed by atoms with Gasteiger partial charge in [0.15, 0.2) is 4.77 Å². The van der Waals surface area contributed by atoms with Crippen molar-refractivity contribution in [2.45, 2.75) is 13.8 Å². The molecule has 0 atom stereocenters. The summed E-state index contributed by atoms with van der Waals surface area (Å²) in [6.45, 7) is 4.82. The number of halogens is 1. The van der Waals surface area contributed by atoms with Gasteiger partial charge in [0.25, 0.3) is 0 Å². The number of hydrogen-bond acceptors (Lipinski definition) is 4. The van der Waals surface area contributed by atoms with Crippen LogP contribution in [0.2, 0.25) is 0 Å². The fourth-order valence-corrected chi connectivity index (χ4v) is 2.63. The Morgan fingerprint density at radius 2 is 2.18 bits per heavy atom. The normalized spacial score (nSPS) is 10.7. The molecule has 0 aliphatic heterocycles. The quantitative estimate of drug-likeness (QED) is 0.551. The Morgan fingerprint density at radius 1 is 1.45 bits per heavy atom. The first-order valence-electron chi connectivity index (χ1n) is 6.64. The van der Waals surface area contributed by atoms with E-state index in [4.69, 9.17) is 22.1 Å². The predicted octanol–water partition coefficient (Wildman–Crippen LogP) is 4.14. The molecule has 22 heavy (non-hydrogen) atoms. The number of rotatable bonds is 5. The number of nitrogens with one attached hydrogen (secondary N) is 1. The van der Waals surface area contributed by atoms with E-state index in [1.807, 2.05) is 18.2 Å². The summed E-state index contributed by atoms with van der Waals surface area (Å²) in [6.07, 6.45) is 0. The van der Waals surface area contributed by atoms with Crippen LogP contribution in [0.4, 0.5) is 0 Å². The van der Waals surface area contributed by atoms with Crippen molar-refractivity contribution in [3.05, 3.63) is 38.3 Å². The fraction of sp³-hybridized carbons (Fsp3) is 0.267. The molecule has 1 aromatic carbocycles. The zero-order valence-corrected chi connectivity index (χ0v) is 15.1. The topological polar surface area (TPSA) is 75.2 Å². The molecule has 0 aliphatic carbocycles. The number of aromatic nitrogens is 2. The number of carbonyl (C=O) groups is 1. The van der Waals surface area contributed by atoms with E-state index in [0.717, 1.165) is 14.9 Å². The molecular weight excluding hydrogens is 415 g/mol. The molecule has 0 fully saturated rings. The van der Waals surface area contributed by atoms with Crippen LogP contribution in [0.5, 0.6) is 5.75 Å².